The minimum absolute atomic E-state index is 0.275. The zero-order valence-corrected chi connectivity index (χ0v) is 12.8. The highest BCUT2D eigenvalue weighted by Gasteiger charge is 1.99. The lowest BCUT2D eigenvalue weighted by Gasteiger charge is -2.05. The van der Waals surface area contributed by atoms with Gasteiger partial charge in [0.15, 0.2) is 0 Å². The highest BCUT2D eigenvalue weighted by molar-refractivity contribution is 5.90. The van der Waals surface area contributed by atoms with Crippen LogP contribution < -0.4 is 15.4 Å². The minimum atomic E-state index is -0.275. The quantitative estimate of drug-likeness (QED) is 0.874. The number of hydrogen-bond acceptors (Lipinski definition) is 2. The number of ether oxygens (including phenoxy) is 1. The Morgan fingerprint density at radius 3 is 2.64 bits per heavy atom. The highest BCUT2D eigenvalue weighted by Crippen LogP contribution is 2.13. The van der Waals surface area contributed by atoms with Gasteiger partial charge in [-0.2, -0.15) is 0 Å². The molecule has 22 heavy (non-hydrogen) atoms. The molecule has 2 aromatic rings. The van der Waals surface area contributed by atoms with Gasteiger partial charge in [-0.05, 0) is 47.9 Å². The summed E-state index contributed by atoms with van der Waals surface area (Å²) in [5.74, 6) is 0.780. The molecule has 0 spiro atoms. The number of rotatable bonds is 5. The van der Waals surface area contributed by atoms with Gasteiger partial charge < -0.3 is 15.4 Å². The normalized spacial score (nSPS) is 10.5. The molecular weight excluding hydrogens is 276 g/mol. The summed E-state index contributed by atoms with van der Waals surface area (Å²) in [6.07, 6.45) is 4.39. The van der Waals surface area contributed by atoms with Crippen molar-refractivity contribution in [3.05, 3.63) is 65.9 Å². The van der Waals surface area contributed by atoms with Crippen molar-refractivity contribution in [2.75, 3.05) is 12.4 Å². The van der Waals surface area contributed by atoms with E-state index in [1.807, 2.05) is 54.6 Å². The summed E-state index contributed by atoms with van der Waals surface area (Å²) in [6, 6.07) is 15.1. The molecule has 2 rings (SSSR count). The van der Waals surface area contributed by atoms with E-state index in [1.165, 1.54) is 5.56 Å². The van der Waals surface area contributed by atoms with Crippen LogP contribution in [-0.4, -0.2) is 13.1 Å². The molecule has 2 aromatic carbocycles. The van der Waals surface area contributed by atoms with Crippen molar-refractivity contribution in [1.82, 2.24) is 5.32 Å². The van der Waals surface area contributed by atoms with Crippen LogP contribution in [0.3, 0.4) is 0 Å². The zero-order chi connectivity index (χ0) is 15.8. The van der Waals surface area contributed by atoms with Gasteiger partial charge in [0.1, 0.15) is 5.75 Å². The number of urea groups is 1. The molecular formula is C18H20N2O2. The molecule has 0 aromatic heterocycles. The van der Waals surface area contributed by atoms with Gasteiger partial charge in [-0.25, -0.2) is 4.79 Å². The van der Waals surface area contributed by atoms with E-state index in [2.05, 4.69) is 17.6 Å². The third-order valence-corrected chi connectivity index (χ3v) is 3.20. The van der Waals surface area contributed by atoms with Crippen LogP contribution in [-0.2, 0) is 6.42 Å². The van der Waals surface area contributed by atoms with Crippen molar-refractivity contribution in [3.8, 4) is 5.75 Å². The van der Waals surface area contributed by atoms with E-state index in [9.17, 15) is 4.79 Å². The first-order chi connectivity index (χ1) is 10.7. The number of carbonyl (C=O) groups excluding carboxylic acids is 1. The Morgan fingerprint density at radius 1 is 1.18 bits per heavy atom. The standard InChI is InChI=1S/C18H20N2O2/c1-3-14-7-9-16(10-8-14)20-18(21)19-12-11-15-5-4-6-17(13-15)22-2/h4-13H,3H2,1-2H3,(H2,19,20,21)/b12-11+. The van der Waals surface area contributed by atoms with E-state index >= 15 is 0 Å². The van der Waals surface area contributed by atoms with Gasteiger partial charge in [0.05, 0.1) is 7.11 Å². The summed E-state index contributed by atoms with van der Waals surface area (Å²) in [4.78, 5) is 11.8. The molecule has 0 atom stereocenters. The van der Waals surface area contributed by atoms with Crippen LogP contribution in [0.15, 0.2) is 54.7 Å². The second-order valence-electron chi connectivity index (χ2n) is 4.76. The average Bonchev–Trinajstić information content (AvgIpc) is 2.56. The molecule has 114 valence electrons. The molecule has 0 fully saturated rings. The first-order valence-electron chi connectivity index (χ1n) is 7.18. The van der Waals surface area contributed by atoms with Crippen LogP contribution >= 0.6 is 0 Å². The first-order valence-corrected chi connectivity index (χ1v) is 7.18. The van der Waals surface area contributed by atoms with Gasteiger partial charge in [-0.15, -0.1) is 0 Å². The van der Waals surface area contributed by atoms with Crippen LogP contribution in [0, 0.1) is 0 Å². The highest BCUT2D eigenvalue weighted by atomic mass is 16.5. The average molecular weight is 296 g/mol. The Bertz CT molecular complexity index is 648. The van der Waals surface area contributed by atoms with Crippen molar-refractivity contribution in [2.45, 2.75) is 13.3 Å². The Hall–Kier alpha value is -2.75. The number of aryl methyl sites for hydroxylation is 1. The summed E-state index contributed by atoms with van der Waals surface area (Å²) in [5.41, 5.74) is 2.96. The van der Waals surface area contributed by atoms with E-state index in [1.54, 1.807) is 13.3 Å². The summed E-state index contributed by atoms with van der Waals surface area (Å²) in [5, 5.41) is 5.45. The van der Waals surface area contributed by atoms with Crippen molar-refractivity contribution >= 4 is 17.8 Å². The SMILES string of the molecule is CCc1ccc(NC(=O)N/C=C/c2cccc(OC)c2)cc1. The molecule has 0 unspecified atom stereocenters. The Kier molecular flexibility index (Phi) is 5.60. The zero-order valence-electron chi connectivity index (χ0n) is 12.8. The van der Waals surface area contributed by atoms with Gasteiger partial charge in [-0.1, -0.05) is 31.2 Å². The van der Waals surface area contributed by atoms with Crippen LogP contribution in [0.1, 0.15) is 18.1 Å². The number of nitrogens with one attached hydrogen (secondary N) is 2. The fraction of sp³-hybridized carbons (Fsp3) is 0.167. The maximum Gasteiger partial charge on any atom is 0.323 e. The molecule has 0 saturated heterocycles. The van der Waals surface area contributed by atoms with Gasteiger partial charge in [0, 0.05) is 11.9 Å². The van der Waals surface area contributed by atoms with Crippen molar-refractivity contribution in [3.63, 3.8) is 0 Å². The first kappa shape index (κ1) is 15.6. The number of hydrogen-bond donors (Lipinski definition) is 2. The lowest BCUT2D eigenvalue weighted by Crippen LogP contribution is -2.23. The van der Waals surface area contributed by atoms with Crippen molar-refractivity contribution in [1.29, 1.82) is 0 Å². The second kappa shape index (κ2) is 7.88. The van der Waals surface area contributed by atoms with Gasteiger partial charge in [-0.3, -0.25) is 0 Å². The van der Waals surface area contributed by atoms with Gasteiger partial charge in [0.2, 0.25) is 0 Å². The molecule has 4 heteroatoms. The van der Waals surface area contributed by atoms with E-state index in [4.69, 9.17) is 4.74 Å². The van der Waals surface area contributed by atoms with Gasteiger partial charge >= 0.3 is 6.03 Å². The van der Waals surface area contributed by atoms with Gasteiger partial charge in [0.25, 0.3) is 0 Å². The summed E-state index contributed by atoms with van der Waals surface area (Å²) in [7, 11) is 1.62. The fourth-order valence-corrected chi connectivity index (χ4v) is 1.95. The molecule has 0 bridgehead atoms. The Morgan fingerprint density at radius 2 is 1.95 bits per heavy atom. The summed E-state index contributed by atoms with van der Waals surface area (Å²) in [6.45, 7) is 2.10. The molecule has 4 nitrogen and oxygen atoms in total. The number of anilines is 1. The number of benzene rings is 2. The van der Waals surface area contributed by atoms with E-state index in [0.29, 0.717) is 0 Å². The third kappa shape index (κ3) is 4.66. The Balaban J connectivity index is 1.87. The van der Waals surface area contributed by atoms with Crippen LogP contribution in [0.2, 0.25) is 0 Å². The maximum atomic E-state index is 11.8. The summed E-state index contributed by atoms with van der Waals surface area (Å²) < 4.78 is 5.15. The molecule has 0 radical (unpaired) electrons. The van der Waals surface area contributed by atoms with E-state index in [0.717, 1.165) is 23.4 Å². The lowest BCUT2D eigenvalue weighted by molar-refractivity contribution is 0.255. The molecule has 0 heterocycles. The number of methoxy groups -OCH3 is 1. The number of amides is 2. The Labute approximate surface area is 130 Å². The van der Waals surface area contributed by atoms with Crippen molar-refractivity contribution < 1.29 is 9.53 Å². The van der Waals surface area contributed by atoms with Crippen LogP contribution in [0.25, 0.3) is 6.08 Å². The molecule has 0 aliphatic heterocycles. The molecule has 2 N–H and O–H groups in total. The lowest BCUT2D eigenvalue weighted by atomic mass is 10.1. The van der Waals surface area contributed by atoms with E-state index in [-0.39, 0.29) is 6.03 Å². The topological polar surface area (TPSA) is 50.4 Å². The summed E-state index contributed by atoms with van der Waals surface area (Å²) >= 11 is 0. The predicted molar refractivity (Wildman–Crippen MR) is 90.0 cm³/mol. The largest absolute Gasteiger partial charge is 0.497 e. The molecule has 0 saturated carbocycles. The minimum Gasteiger partial charge on any atom is -0.497 e. The smallest absolute Gasteiger partial charge is 0.323 e. The van der Waals surface area contributed by atoms with Crippen molar-refractivity contribution in [2.24, 2.45) is 0 Å². The maximum absolute atomic E-state index is 11.8. The fourth-order valence-electron chi connectivity index (χ4n) is 1.95. The van der Waals surface area contributed by atoms with Crippen LogP contribution in [0.4, 0.5) is 10.5 Å². The molecule has 2 amide bonds. The molecule has 0 aliphatic carbocycles. The van der Waals surface area contributed by atoms with Crippen LogP contribution in [0.5, 0.6) is 5.75 Å². The second-order valence-corrected chi connectivity index (χ2v) is 4.76. The molecule has 0 aliphatic rings. The number of carbonyl (C=O) groups is 1. The van der Waals surface area contributed by atoms with E-state index < -0.39 is 0 Å². The predicted octanol–water partition coefficient (Wildman–Crippen LogP) is 4.05. The third-order valence-electron chi connectivity index (χ3n) is 3.20. The monoisotopic (exact) mass is 296 g/mol.